The summed E-state index contributed by atoms with van der Waals surface area (Å²) in [6.45, 7) is 3.67. The van der Waals surface area contributed by atoms with Gasteiger partial charge in [0.1, 0.15) is 5.76 Å². The molecule has 0 aromatic rings. The van der Waals surface area contributed by atoms with E-state index in [9.17, 15) is 24.3 Å². The van der Waals surface area contributed by atoms with Crippen molar-refractivity contribution in [3.63, 3.8) is 0 Å². The highest BCUT2D eigenvalue weighted by molar-refractivity contribution is 6.22. The zero-order valence-corrected chi connectivity index (χ0v) is 12.2. The SMILES string of the molecule is CC1(C)CC(=O)C(=C(O)CC2CC(=O)NC(=O)C2)C(=O)C1. The minimum absolute atomic E-state index is 0.00635. The molecule has 114 valence electrons. The van der Waals surface area contributed by atoms with E-state index in [2.05, 4.69) is 5.32 Å². The number of aliphatic hydroxyl groups is 1. The Hall–Kier alpha value is -1.98. The summed E-state index contributed by atoms with van der Waals surface area (Å²) in [6, 6.07) is 0. The molecule has 0 aromatic heterocycles. The van der Waals surface area contributed by atoms with Gasteiger partial charge in [-0.15, -0.1) is 0 Å². The molecule has 0 spiro atoms. The Kier molecular flexibility index (Phi) is 3.98. The Morgan fingerprint density at radius 2 is 1.57 bits per heavy atom. The van der Waals surface area contributed by atoms with Gasteiger partial charge >= 0.3 is 0 Å². The van der Waals surface area contributed by atoms with Crippen LogP contribution in [0.4, 0.5) is 0 Å². The average molecular weight is 293 g/mol. The number of aliphatic hydroxyl groups excluding tert-OH is 1. The molecule has 2 rings (SSSR count). The van der Waals surface area contributed by atoms with Crippen LogP contribution in [0.5, 0.6) is 0 Å². The number of Topliss-reactive ketones (excluding diaryl/α,β-unsaturated/α-hetero) is 2. The summed E-state index contributed by atoms with van der Waals surface area (Å²) >= 11 is 0. The third-order valence-corrected chi connectivity index (χ3v) is 3.83. The number of hydrogen-bond acceptors (Lipinski definition) is 5. The van der Waals surface area contributed by atoms with Gasteiger partial charge in [0, 0.05) is 32.1 Å². The van der Waals surface area contributed by atoms with Gasteiger partial charge in [-0.05, 0) is 11.3 Å². The molecule has 2 N–H and O–H groups in total. The van der Waals surface area contributed by atoms with Gasteiger partial charge in [0.15, 0.2) is 11.6 Å². The molecule has 1 aliphatic carbocycles. The maximum absolute atomic E-state index is 12.0. The summed E-state index contributed by atoms with van der Waals surface area (Å²) in [5, 5.41) is 12.3. The van der Waals surface area contributed by atoms with Crippen molar-refractivity contribution in [2.24, 2.45) is 11.3 Å². The first-order valence-electron chi connectivity index (χ1n) is 6.99. The molecule has 1 saturated carbocycles. The Bertz CT molecular complexity index is 520. The lowest BCUT2D eigenvalue weighted by molar-refractivity contribution is -0.135. The quantitative estimate of drug-likeness (QED) is 0.345. The van der Waals surface area contributed by atoms with E-state index in [1.54, 1.807) is 0 Å². The van der Waals surface area contributed by atoms with Crippen LogP contribution in [-0.4, -0.2) is 28.5 Å². The van der Waals surface area contributed by atoms with Crippen molar-refractivity contribution in [3.8, 4) is 0 Å². The average Bonchev–Trinajstić information content (AvgIpc) is 2.23. The van der Waals surface area contributed by atoms with Crippen LogP contribution in [0.1, 0.15) is 46.0 Å². The number of ketones is 2. The maximum atomic E-state index is 12.0. The molecule has 0 aromatic carbocycles. The normalized spacial score (nSPS) is 23.2. The lowest BCUT2D eigenvalue weighted by Gasteiger charge is -2.29. The van der Waals surface area contributed by atoms with E-state index in [4.69, 9.17) is 0 Å². The van der Waals surface area contributed by atoms with Crippen molar-refractivity contribution < 1.29 is 24.3 Å². The third kappa shape index (κ3) is 3.56. The van der Waals surface area contributed by atoms with Crippen molar-refractivity contribution in [3.05, 3.63) is 11.3 Å². The van der Waals surface area contributed by atoms with E-state index in [0.29, 0.717) is 0 Å². The van der Waals surface area contributed by atoms with Gasteiger partial charge in [0.05, 0.1) is 5.57 Å². The maximum Gasteiger partial charge on any atom is 0.226 e. The van der Waals surface area contributed by atoms with Gasteiger partial charge in [0.25, 0.3) is 0 Å². The second kappa shape index (κ2) is 5.42. The molecule has 2 amide bonds. The number of allylic oxidation sites excluding steroid dienone is 2. The lowest BCUT2D eigenvalue weighted by Crippen LogP contribution is -2.39. The lowest BCUT2D eigenvalue weighted by atomic mass is 9.73. The fraction of sp³-hybridized carbons (Fsp3) is 0.600. The number of hydrogen-bond donors (Lipinski definition) is 2. The van der Waals surface area contributed by atoms with Gasteiger partial charge in [0.2, 0.25) is 11.8 Å². The van der Waals surface area contributed by atoms with Gasteiger partial charge in [-0.25, -0.2) is 0 Å². The van der Waals surface area contributed by atoms with Crippen molar-refractivity contribution in [2.45, 2.75) is 46.0 Å². The second-order valence-corrected chi connectivity index (χ2v) is 6.64. The fourth-order valence-electron chi connectivity index (χ4n) is 2.96. The molecule has 0 radical (unpaired) electrons. The van der Waals surface area contributed by atoms with Crippen molar-refractivity contribution in [1.29, 1.82) is 0 Å². The Morgan fingerprint density at radius 1 is 1.10 bits per heavy atom. The summed E-state index contributed by atoms with van der Waals surface area (Å²) in [6.07, 6.45) is 0.644. The number of carbonyl (C=O) groups is 4. The van der Waals surface area contributed by atoms with Crippen molar-refractivity contribution in [1.82, 2.24) is 5.32 Å². The molecule has 1 saturated heterocycles. The summed E-state index contributed by atoms with van der Waals surface area (Å²) in [4.78, 5) is 46.7. The van der Waals surface area contributed by atoms with Crippen LogP contribution in [0.25, 0.3) is 0 Å². The summed E-state index contributed by atoms with van der Waals surface area (Å²) in [5.41, 5.74) is -0.536. The van der Waals surface area contributed by atoms with Gasteiger partial charge in [-0.2, -0.15) is 0 Å². The molecule has 6 nitrogen and oxygen atoms in total. The smallest absolute Gasteiger partial charge is 0.226 e. The predicted octanol–water partition coefficient (Wildman–Crippen LogP) is 1.20. The van der Waals surface area contributed by atoms with E-state index in [0.717, 1.165) is 0 Å². The van der Waals surface area contributed by atoms with E-state index >= 15 is 0 Å². The molecule has 1 heterocycles. The second-order valence-electron chi connectivity index (χ2n) is 6.64. The summed E-state index contributed by atoms with van der Waals surface area (Å²) in [7, 11) is 0. The zero-order chi connectivity index (χ0) is 15.8. The van der Waals surface area contributed by atoms with Crippen LogP contribution in [0.3, 0.4) is 0 Å². The number of piperidine rings is 1. The zero-order valence-electron chi connectivity index (χ0n) is 12.2. The molecule has 21 heavy (non-hydrogen) atoms. The molecule has 1 aliphatic heterocycles. The fourth-order valence-corrected chi connectivity index (χ4v) is 2.96. The van der Waals surface area contributed by atoms with Crippen LogP contribution in [0.15, 0.2) is 11.3 Å². The minimum Gasteiger partial charge on any atom is -0.511 e. The molecule has 6 heteroatoms. The topological polar surface area (TPSA) is 101 Å². The van der Waals surface area contributed by atoms with Gasteiger partial charge in [-0.1, -0.05) is 13.8 Å². The molecule has 0 unspecified atom stereocenters. The van der Waals surface area contributed by atoms with Crippen LogP contribution in [0.2, 0.25) is 0 Å². The van der Waals surface area contributed by atoms with Crippen LogP contribution >= 0.6 is 0 Å². The Labute approximate surface area is 122 Å². The van der Waals surface area contributed by atoms with Gasteiger partial charge < -0.3 is 5.11 Å². The first kappa shape index (κ1) is 15.4. The highest BCUT2D eigenvalue weighted by Gasteiger charge is 2.38. The van der Waals surface area contributed by atoms with Gasteiger partial charge in [-0.3, -0.25) is 24.5 Å². The molecular formula is C15H19NO5. The largest absolute Gasteiger partial charge is 0.511 e. The predicted molar refractivity (Wildman–Crippen MR) is 73.2 cm³/mol. The number of amides is 2. The summed E-state index contributed by atoms with van der Waals surface area (Å²) < 4.78 is 0. The molecule has 2 fully saturated rings. The highest BCUT2D eigenvalue weighted by atomic mass is 16.3. The number of carbonyl (C=O) groups excluding carboxylic acids is 4. The first-order chi connectivity index (χ1) is 9.68. The van der Waals surface area contributed by atoms with E-state index in [1.165, 1.54) is 0 Å². The first-order valence-corrected chi connectivity index (χ1v) is 6.99. The molecular weight excluding hydrogens is 274 g/mol. The molecule has 2 aliphatic rings. The van der Waals surface area contributed by atoms with Crippen molar-refractivity contribution in [2.75, 3.05) is 0 Å². The highest BCUT2D eigenvalue weighted by Crippen LogP contribution is 2.35. The minimum atomic E-state index is -0.392. The van der Waals surface area contributed by atoms with Crippen molar-refractivity contribution >= 4 is 23.4 Å². The van der Waals surface area contributed by atoms with Crippen LogP contribution < -0.4 is 5.32 Å². The van der Waals surface area contributed by atoms with E-state index in [1.807, 2.05) is 13.8 Å². The Morgan fingerprint density at radius 3 is 2.05 bits per heavy atom. The number of rotatable bonds is 2. The van der Waals surface area contributed by atoms with E-state index in [-0.39, 0.29) is 60.9 Å². The van der Waals surface area contributed by atoms with Crippen LogP contribution in [-0.2, 0) is 19.2 Å². The van der Waals surface area contributed by atoms with Crippen LogP contribution in [0, 0.1) is 11.3 Å². The number of nitrogens with one attached hydrogen (secondary N) is 1. The third-order valence-electron chi connectivity index (χ3n) is 3.83. The monoisotopic (exact) mass is 293 g/mol. The van der Waals surface area contributed by atoms with E-state index < -0.39 is 17.2 Å². The standard InChI is InChI=1S/C15H19NO5/c1-15(2)6-10(18)14(11(19)7-15)9(17)3-8-4-12(20)16-13(21)5-8/h8,17H,3-7H2,1-2H3,(H,16,20,21). The Balaban J connectivity index is 2.16. The number of imide groups is 1. The summed E-state index contributed by atoms with van der Waals surface area (Å²) in [5.74, 6) is -2.16. The molecule has 0 atom stereocenters. The molecule has 0 bridgehead atoms.